The van der Waals surface area contributed by atoms with Gasteiger partial charge in [-0.05, 0) is 61.6 Å². The van der Waals surface area contributed by atoms with Crippen LogP contribution in [0.5, 0.6) is 0 Å². The Bertz CT molecular complexity index is 410. The Morgan fingerprint density at radius 3 is 2.50 bits per heavy atom. The van der Waals surface area contributed by atoms with Crippen molar-refractivity contribution in [2.24, 2.45) is 11.8 Å². The molecule has 0 spiro atoms. The first kappa shape index (κ1) is 12.5. The van der Waals surface area contributed by atoms with Crippen molar-refractivity contribution in [2.75, 3.05) is 0 Å². The maximum atomic E-state index is 10.8. The van der Waals surface area contributed by atoms with Gasteiger partial charge in [0.25, 0.3) is 0 Å². The fourth-order valence-electron chi connectivity index (χ4n) is 3.50. The van der Waals surface area contributed by atoms with E-state index in [4.69, 9.17) is 11.6 Å². The van der Waals surface area contributed by atoms with Crippen molar-refractivity contribution in [3.05, 3.63) is 34.9 Å². The molecule has 2 fully saturated rings. The van der Waals surface area contributed by atoms with Crippen molar-refractivity contribution < 1.29 is 5.11 Å². The van der Waals surface area contributed by atoms with E-state index in [0.29, 0.717) is 0 Å². The van der Waals surface area contributed by atoms with Gasteiger partial charge in [0.05, 0.1) is 5.60 Å². The monoisotopic (exact) mass is 264 g/mol. The minimum absolute atomic E-state index is 0.473. The van der Waals surface area contributed by atoms with Crippen molar-refractivity contribution in [3.8, 4) is 0 Å². The van der Waals surface area contributed by atoms with Crippen LogP contribution in [0.4, 0.5) is 0 Å². The van der Waals surface area contributed by atoms with E-state index in [1.165, 1.54) is 31.2 Å². The summed E-state index contributed by atoms with van der Waals surface area (Å²) < 4.78 is 0. The van der Waals surface area contributed by atoms with Crippen LogP contribution in [0.25, 0.3) is 0 Å². The highest BCUT2D eigenvalue weighted by molar-refractivity contribution is 6.30. The van der Waals surface area contributed by atoms with E-state index in [0.717, 1.165) is 36.1 Å². The first-order valence-corrected chi connectivity index (χ1v) is 7.49. The largest absolute Gasteiger partial charge is 0.390 e. The van der Waals surface area contributed by atoms with E-state index >= 15 is 0 Å². The summed E-state index contributed by atoms with van der Waals surface area (Å²) in [6, 6.07) is 7.92. The van der Waals surface area contributed by atoms with Crippen LogP contribution in [0.2, 0.25) is 5.02 Å². The number of benzene rings is 1. The summed E-state index contributed by atoms with van der Waals surface area (Å²) in [7, 11) is 0. The summed E-state index contributed by atoms with van der Waals surface area (Å²) in [5.41, 5.74) is 0.734. The lowest BCUT2D eigenvalue weighted by atomic mass is 9.73. The molecule has 0 aromatic heterocycles. The van der Waals surface area contributed by atoms with Crippen LogP contribution in [-0.4, -0.2) is 10.7 Å². The molecule has 0 radical (unpaired) electrons. The van der Waals surface area contributed by atoms with E-state index in [1.54, 1.807) is 0 Å². The summed E-state index contributed by atoms with van der Waals surface area (Å²) in [4.78, 5) is 0. The highest BCUT2D eigenvalue weighted by Crippen LogP contribution is 2.47. The van der Waals surface area contributed by atoms with Gasteiger partial charge in [0.2, 0.25) is 0 Å². The van der Waals surface area contributed by atoms with E-state index < -0.39 is 5.60 Å². The second-order valence-corrected chi connectivity index (χ2v) is 6.66. The van der Waals surface area contributed by atoms with Crippen LogP contribution in [0.1, 0.15) is 44.1 Å². The maximum Gasteiger partial charge on any atom is 0.0690 e. The van der Waals surface area contributed by atoms with Gasteiger partial charge in [-0.3, -0.25) is 0 Å². The second-order valence-electron chi connectivity index (χ2n) is 6.22. The molecule has 0 saturated heterocycles. The molecule has 0 amide bonds. The average Bonchev–Trinajstić information content (AvgIpc) is 3.16. The van der Waals surface area contributed by atoms with E-state index in [-0.39, 0.29) is 0 Å². The normalized spacial score (nSPS) is 32.4. The van der Waals surface area contributed by atoms with Gasteiger partial charge in [-0.15, -0.1) is 0 Å². The molecule has 0 aliphatic heterocycles. The fraction of sp³-hybridized carbons (Fsp3) is 0.625. The van der Waals surface area contributed by atoms with Crippen molar-refractivity contribution in [2.45, 2.75) is 50.5 Å². The predicted molar refractivity (Wildman–Crippen MR) is 74.8 cm³/mol. The van der Waals surface area contributed by atoms with Gasteiger partial charge in [-0.25, -0.2) is 0 Å². The van der Waals surface area contributed by atoms with Crippen LogP contribution in [0.3, 0.4) is 0 Å². The zero-order valence-corrected chi connectivity index (χ0v) is 11.5. The molecule has 1 aromatic carbocycles. The predicted octanol–water partition coefficient (Wildman–Crippen LogP) is 4.21. The minimum atomic E-state index is -0.473. The Morgan fingerprint density at radius 2 is 1.83 bits per heavy atom. The molecule has 2 aliphatic carbocycles. The smallest absolute Gasteiger partial charge is 0.0690 e. The first-order valence-electron chi connectivity index (χ1n) is 7.11. The fourth-order valence-corrected chi connectivity index (χ4v) is 3.62. The van der Waals surface area contributed by atoms with Crippen molar-refractivity contribution in [1.29, 1.82) is 0 Å². The molecule has 2 saturated carbocycles. The van der Waals surface area contributed by atoms with Gasteiger partial charge in [-0.1, -0.05) is 30.2 Å². The van der Waals surface area contributed by atoms with Gasteiger partial charge < -0.3 is 5.11 Å². The lowest BCUT2D eigenvalue weighted by Gasteiger charge is -2.37. The Kier molecular flexibility index (Phi) is 3.38. The van der Waals surface area contributed by atoms with Crippen molar-refractivity contribution >= 4 is 11.6 Å². The van der Waals surface area contributed by atoms with Crippen LogP contribution >= 0.6 is 11.6 Å². The minimum Gasteiger partial charge on any atom is -0.390 e. The van der Waals surface area contributed by atoms with Crippen LogP contribution in [0, 0.1) is 11.8 Å². The zero-order chi connectivity index (χ0) is 12.6. The van der Waals surface area contributed by atoms with Crippen molar-refractivity contribution in [3.63, 3.8) is 0 Å². The summed E-state index contributed by atoms with van der Waals surface area (Å²) in [6.45, 7) is 0. The maximum absolute atomic E-state index is 10.8. The van der Waals surface area contributed by atoms with Crippen LogP contribution in [-0.2, 0) is 6.42 Å². The Morgan fingerprint density at radius 1 is 1.11 bits per heavy atom. The third-order valence-electron chi connectivity index (χ3n) is 4.59. The number of rotatable bonds is 3. The summed E-state index contributed by atoms with van der Waals surface area (Å²) in [6.07, 6.45) is 8.04. The summed E-state index contributed by atoms with van der Waals surface area (Å²) in [5, 5.41) is 11.6. The highest BCUT2D eigenvalue weighted by Gasteiger charge is 2.40. The van der Waals surface area contributed by atoms with Gasteiger partial charge in [0.1, 0.15) is 0 Å². The third kappa shape index (κ3) is 2.89. The van der Waals surface area contributed by atoms with Crippen LogP contribution in [0.15, 0.2) is 24.3 Å². The molecule has 0 bridgehead atoms. The van der Waals surface area contributed by atoms with Crippen LogP contribution < -0.4 is 0 Å². The topological polar surface area (TPSA) is 20.2 Å². The number of hydrogen-bond donors (Lipinski definition) is 1. The Balaban J connectivity index is 1.67. The SMILES string of the molecule is OC1(Cc2ccc(Cl)cc2)CCCC(C2CC2)C1. The zero-order valence-electron chi connectivity index (χ0n) is 10.7. The molecular formula is C16H21ClO. The molecule has 3 rings (SSSR count). The van der Waals surface area contributed by atoms with E-state index in [9.17, 15) is 5.11 Å². The Hall–Kier alpha value is -0.530. The van der Waals surface area contributed by atoms with Gasteiger partial charge in [0, 0.05) is 11.4 Å². The highest BCUT2D eigenvalue weighted by atomic mass is 35.5. The molecule has 2 heteroatoms. The molecule has 18 heavy (non-hydrogen) atoms. The molecule has 2 aliphatic rings. The van der Waals surface area contributed by atoms with E-state index in [2.05, 4.69) is 0 Å². The van der Waals surface area contributed by atoms with Gasteiger partial charge in [0.15, 0.2) is 0 Å². The molecule has 1 aromatic rings. The lowest BCUT2D eigenvalue weighted by Crippen LogP contribution is -2.38. The molecular weight excluding hydrogens is 244 g/mol. The molecule has 1 N–H and O–H groups in total. The molecule has 2 unspecified atom stereocenters. The first-order chi connectivity index (χ1) is 8.65. The van der Waals surface area contributed by atoms with E-state index in [1.807, 2.05) is 24.3 Å². The molecule has 98 valence electrons. The molecule has 0 heterocycles. The Labute approximate surface area is 114 Å². The van der Waals surface area contributed by atoms with Gasteiger partial charge >= 0.3 is 0 Å². The number of hydrogen-bond acceptors (Lipinski definition) is 1. The van der Waals surface area contributed by atoms with Crippen molar-refractivity contribution in [1.82, 2.24) is 0 Å². The summed E-state index contributed by atoms with van der Waals surface area (Å²) in [5.74, 6) is 1.69. The standard InChI is InChI=1S/C16H21ClO/c17-15-7-3-12(4-8-15)10-16(18)9-1-2-14(11-16)13-5-6-13/h3-4,7-8,13-14,18H,1-2,5-6,9-11H2. The second kappa shape index (κ2) is 4.86. The number of halogens is 1. The average molecular weight is 265 g/mol. The summed E-state index contributed by atoms with van der Waals surface area (Å²) >= 11 is 5.90. The van der Waals surface area contributed by atoms with Gasteiger partial charge in [-0.2, -0.15) is 0 Å². The number of aliphatic hydroxyl groups is 1. The molecule has 2 atom stereocenters. The molecule has 1 nitrogen and oxygen atoms in total. The quantitative estimate of drug-likeness (QED) is 0.867. The lowest BCUT2D eigenvalue weighted by molar-refractivity contribution is -0.0195. The third-order valence-corrected chi connectivity index (χ3v) is 4.85.